The maximum atomic E-state index is 13.1. The third kappa shape index (κ3) is 4.06. The van der Waals surface area contributed by atoms with Crippen molar-refractivity contribution >= 4 is 11.6 Å². The Morgan fingerprint density at radius 2 is 1.80 bits per heavy atom. The fourth-order valence-corrected chi connectivity index (χ4v) is 2.52. The Labute approximate surface area is 124 Å². The highest BCUT2D eigenvalue weighted by Crippen LogP contribution is 2.19. The second-order valence-corrected chi connectivity index (χ2v) is 5.64. The van der Waals surface area contributed by atoms with Crippen molar-refractivity contribution in [2.75, 3.05) is 6.54 Å². The lowest BCUT2D eigenvalue weighted by Gasteiger charge is -2.16. The summed E-state index contributed by atoms with van der Waals surface area (Å²) in [6.07, 6.45) is 1.77. The Kier molecular flexibility index (Phi) is 5.16. The van der Waals surface area contributed by atoms with Crippen molar-refractivity contribution < 1.29 is 4.39 Å². The van der Waals surface area contributed by atoms with E-state index in [4.69, 9.17) is 17.3 Å². The molecule has 0 bridgehead atoms. The van der Waals surface area contributed by atoms with E-state index in [1.165, 1.54) is 11.6 Å². The van der Waals surface area contributed by atoms with Crippen molar-refractivity contribution in [3.05, 3.63) is 70.0 Å². The number of benzene rings is 2. The third-order valence-electron chi connectivity index (χ3n) is 3.58. The van der Waals surface area contributed by atoms with Gasteiger partial charge in [-0.15, -0.1) is 0 Å². The smallest absolute Gasteiger partial charge is 0.123 e. The summed E-state index contributed by atoms with van der Waals surface area (Å²) < 4.78 is 13.1. The van der Waals surface area contributed by atoms with E-state index < -0.39 is 0 Å². The average molecular weight is 292 g/mol. The van der Waals surface area contributed by atoms with Crippen LogP contribution in [0.2, 0.25) is 5.02 Å². The summed E-state index contributed by atoms with van der Waals surface area (Å²) >= 11 is 5.89. The van der Waals surface area contributed by atoms with Gasteiger partial charge in [0.25, 0.3) is 0 Å². The Hall–Kier alpha value is -1.38. The summed E-state index contributed by atoms with van der Waals surface area (Å²) in [6, 6.07) is 12.8. The molecule has 3 heteroatoms. The lowest BCUT2D eigenvalue weighted by Crippen LogP contribution is -2.19. The molecule has 106 valence electrons. The molecule has 0 aliphatic heterocycles. The first-order valence-electron chi connectivity index (χ1n) is 6.78. The fraction of sp³-hybridized carbons (Fsp3) is 0.294. The molecule has 0 radical (unpaired) electrons. The van der Waals surface area contributed by atoms with Crippen LogP contribution in [0, 0.1) is 18.7 Å². The maximum absolute atomic E-state index is 13.1. The largest absolute Gasteiger partial charge is 0.330 e. The van der Waals surface area contributed by atoms with E-state index in [9.17, 15) is 4.39 Å². The van der Waals surface area contributed by atoms with Crippen LogP contribution in [0.4, 0.5) is 4.39 Å². The van der Waals surface area contributed by atoms with Gasteiger partial charge in [0.1, 0.15) is 5.82 Å². The topological polar surface area (TPSA) is 26.0 Å². The molecule has 0 aromatic heterocycles. The lowest BCUT2D eigenvalue weighted by molar-refractivity contribution is 0.531. The normalized spacial score (nSPS) is 12.4. The number of halogens is 2. The summed E-state index contributed by atoms with van der Waals surface area (Å²) in [5.74, 6) is 0.161. The molecule has 2 N–H and O–H groups in total. The molecule has 1 nitrogen and oxygen atoms in total. The summed E-state index contributed by atoms with van der Waals surface area (Å²) in [6.45, 7) is 2.55. The van der Waals surface area contributed by atoms with Gasteiger partial charge in [-0.05, 0) is 73.2 Å². The molecule has 0 amide bonds. The van der Waals surface area contributed by atoms with Gasteiger partial charge in [-0.3, -0.25) is 0 Å². The number of hydrogen-bond acceptors (Lipinski definition) is 1. The maximum Gasteiger partial charge on any atom is 0.123 e. The van der Waals surface area contributed by atoms with Crippen LogP contribution in [-0.2, 0) is 12.8 Å². The summed E-state index contributed by atoms with van der Waals surface area (Å²) in [5, 5.41) is 0.743. The highest BCUT2D eigenvalue weighted by molar-refractivity contribution is 6.30. The Morgan fingerprint density at radius 1 is 1.10 bits per heavy atom. The highest BCUT2D eigenvalue weighted by Gasteiger charge is 2.11. The predicted octanol–water partition coefficient (Wildman–Crippen LogP) is 4.15. The van der Waals surface area contributed by atoms with Crippen LogP contribution >= 0.6 is 11.6 Å². The number of hydrogen-bond donors (Lipinski definition) is 1. The van der Waals surface area contributed by atoms with Crippen LogP contribution in [0.15, 0.2) is 42.5 Å². The standard InChI is InChI=1S/C17H19ClFN/c1-12-8-17(19)7-4-15(12)10-14(11-20)9-13-2-5-16(18)6-3-13/h2-8,14H,9-11,20H2,1H3. The van der Waals surface area contributed by atoms with Crippen molar-refractivity contribution in [2.24, 2.45) is 11.7 Å². The summed E-state index contributed by atoms with van der Waals surface area (Å²) in [7, 11) is 0. The summed E-state index contributed by atoms with van der Waals surface area (Å²) in [4.78, 5) is 0. The van der Waals surface area contributed by atoms with Crippen molar-refractivity contribution in [3.8, 4) is 0 Å². The first kappa shape index (κ1) is 15.0. The van der Waals surface area contributed by atoms with Crippen molar-refractivity contribution in [1.29, 1.82) is 0 Å². The van der Waals surface area contributed by atoms with E-state index in [1.807, 2.05) is 37.3 Å². The highest BCUT2D eigenvalue weighted by atomic mass is 35.5. The predicted molar refractivity (Wildman–Crippen MR) is 82.5 cm³/mol. The minimum absolute atomic E-state index is 0.187. The quantitative estimate of drug-likeness (QED) is 0.880. The second-order valence-electron chi connectivity index (χ2n) is 5.21. The van der Waals surface area contributed by atoms with Gasteiger partial charge < -0.3 is 5.73 Å². The van der Waals surface area contributed by atoms with E-state index in [-0.39, 0.29) is 5.82 Å². The molecular formula is C17H19ClFN. The Bertz CT molecular complexity index is 566. The monoisotopic (exact) mass is 291 g/mol. The van der Waals surface area contributed by atoms with Gasteiger partial charge in [0, 0.05) is 5.02 Å². The van der Waals surface area contributed by atoms with Gasteiger partial charge >= 0.3 is 0 Å². The van der Waals surface area contributed by atoms with E-state index in [2.05, 4.69) is 0 Å². The molecule has 0 saturated heterocycles. The molecule has 2 rings (SSSR count). The SMILES string of the molecule is Cc1cc(F)ccc1CC(CN)Cc1ccc(Cl)cc1. The molecule has 2 aromatic rings. The molecule has 20 heavy (non-hydrogen) atoms. The van der Waals surface area contributed by atoms with Gasteiger partial charge in [0.15, 0.2) is 0 Å². The Balaban J connectivity index is 2.07. The first-order valence-corrected chi connectivity index (χ1v) is 7.16. The molecule has 0 heterocycles. The third-order valence-corrected chi connectivity index (χ3v) is 3.84. The molecule has 0 aliphatic carbocycles. The van der Waals surface area contributed by atoms with Crippen LogP contribution in [0.1, 0.15) is 16.7 Å². The fourth-order valence-electron chi connectivity index (χ4n) is 2.39. The Morgan fingerprint density at radius 3 is 2.40 bits per heavy atom. The molecule has 0 aliphatic rings. The van der Waals surface area contributed by atoms with E-state index in [1.54, 1.807) is 6.07 Å². The summed E-state index contributed by atoms with van der Waals surface area (Å²) in [5.41, 5.74) is 9.25. The molecule has 0 saturated carbocycles. The van der Waals surface area contributed by atoms with Gasteiger partial charge in [0.2, 0.25) is 0 Å². The van der Waals surface area contributed by atoms with Crippen molar-refractivity contribution in [2.45, 2.75) is 19.8 Å². The molecule has 1 atom stereocenters. The van der Waals surface area contributed by atoms with E-state index in [0.29, 0.717) is 12.5 Å². The van der Waals surface area contributed by atoms with Crippen LogP contribution in [0.3, 0.4) is 0 Å². The van der Waals surface area contributed by atoms with E-state index >= 15 is 0 Å². The zero-order valence-corrected chi connectivity index (χ0v) is 12.3. The van der Waals surface area contributed by atoms with Crippen LogP contribution in [0.5, 0.6) is 0 Å². The minimum Gasteiger partial charge on any atom is -0.330 e. The van der Waals surface area contributed by atoms with Gasteiger partial charge in [-0.2, -0.15) is 0 Å². The lowest BCUT2D eigenvalue weighted by atomic mass is 9.91. The zero-order valence-electron chi connectivity index (χ0n) is 11.6. The van der Waals surface area contributed by atoms with Crippen LogP contribution in [-0.4, -0.2) is 6.54 Å². The average Bonchev–Trinajstić information content (AvgIpc) is 2.43. The van der Waals surface area contributed by atoms with Crippen molar-refractivity contribution in [1.82, 2.24) is 0 Å². The van der Waals surface area contributed by atoms with E-state index in [0.717, 1.165) is 29.0 Å². The molecular weight excluding hydrogens is 273 g/mol. The molecule has 1 unspecified atom stereocenters. The van der Waals surface area contributed by atoms with Crippen LogP contribution in [0.25, 0.3) is 0 Å². The molecule has 2 aromatic carbocycles. The van der Waals surface area contributed by atoms with Crippen molar-refractivity contribution in [3.63, 3.8) is 0 Å². The van der Waals surface area contributed by atoms with Gasteiger partial charge in [0.05, 0.1) is 0 Å². The second kappa shape index (κ2) is 6.87. The van der Waals surface area contributed by atoms with Gasteiger partial charge in [-0.1, -0.05) is 29.8 Å². The van der Waals surface area contributed by atoms with Crippen LogP contribution < -0.4 is 5.73 Å². The number of nitrogens with two attached hydrogens (primary N) is 1. The van der Waals surface area contributed by atoms with Gasteiger partial charge in [-0.25, -0.2) is 4.39 Å². The zero-order chi connectivity index (χ0) is 14.5. The molecule has 0 fully saturated rings. The number of rotatable bonds is 5. The molecule has 0 spiro atoms. The minimum atomic E-state index is -0.187. The number of aryl methyl sites for hydroxylation is 1. The first-order chi connectivity index (χ1) is 9.58.